The van der Waals surface area contributed by atoms with Gasteiger partial charge < -0.3 is 4.42 Å². The number of hydrazone groups is 1. The summed E-state index contributed by atoms with van der Waals surface area (Å²) in [7, 11) is 0. The Labute approximate surface area is 137 Å². The van der Waals surface area contributed by atoms with Gasteiger partial charge in [0.15, 0.2) is 5.76 Å². The van der Waals surface area contributed by atoms with Crippen molar-refractivity contribution in [1.82, 2.24) is 5.43 Å². The lowest BCUT2D eigenvalue weighted by Gasteiger charge is -2.00. The minimum atomic E-state index is -0.955. The van der Waals surface area contributed by atoms with E-state index in [1.165, 1.54) is 6.07 Å². The third-order valence-corrected chi connectivity index (χ3v) is 2.74. The highest BCUT2D eigenvalue weighted by atomic mass is 16.7. The largest absolute Gasteiger partial charge is 0.433 e. The Morgan fingerprint density at radius 2 is 1.60 bits per heavy atom. The van der Waals surface area contributed by atoms with Gasteiger partial charge in [-0.1, -0.05) is 0 Å². The predicted molar refractivity (Wildman–Crippen MR) is 80.2 cm³/mol. The smallest absolute Gasteiger partial charge is 0.400 e. The number of carbonyl (C=O) groups excluding carboxylic acids is 1. The first-order valence-electron chi connectivity index (χ1n) is 6.29. The zero-order chi connectivity index (χ0) is 18.6. The zero-order valence-electron chi connectivity index (χ0n) is 12.0. The summed E-state index contributed by atoms with van der Waals surface area (Å²) < 4.78 is 4.76. The van der Waals surface area contributed by atoms with Crippen molar-refractivity contribution < 1.29 is 24.0 Å². The Morgan fingerprint density at radius 3 is 2.08 bits per heavy atom. The van der Waals surface area contributed by atoms with Crippen molar-refractivity contribution in [3.8, 4) is 0 Å². The second-order valence-electron chi connectivity index (χ2n) is 4.38. The van der Waals surface area contributed by atoms with E-state index in [1.54, 1.807) is 0 Å². The van der Waals surface area contributed by atoms with Crippen molar-refractivity contribution in [2.24, 2.45) is 5.10 Å². The Morgan fingerprint density at radius 1 is 1.00 bits per heavy atom. The number of hydrogen-bond acceptors (Lipinski definition) is 9. The Kier molecular flexibility index (Phi) is 4.78. The molecule has 0 aliphatic carbocycles. The van der Waals surface area contributed by atoms with Gasteiger partial charge in [0.2, 0.25) is 0 Å². The van der Waals surface area contributed by atoms with Crippen molar-refractivity contribution in [1.29, 1.82) is 0 Å². The van der Waals surface area contributed by atoms with Crippen LogP contribution < -0.4 is 5.43 Å². The van der Waals surface area contributed by atoms with E-state index in [0.717, 1.165) is 24.4 Å². The van der Waals surface area contributed by atoms with Crippen LogP contribution in [0.3, 0.4) is 0 Å². The van der Waals surface area contributed by atoms with E-state index in [2.05, 4.69) is 5.10 Å². The van der Waals surface area contributed by atoms with E-state index in [9.17, 15) is 35.1 Å². The van der Waals surface area contributed by atoms with Gasteiger partial charge >= 0.3 is 5.88 Å². The number of amides is 1. The van der Waals surface area contributed by atoms with Crippen molar-refractivity contribution >= 4 is 29.4 Å². The summed E-state index contributed by atoms with van der Waals surface area (Å²) in [6, 6.07) is 4.70. The lowest BCUT2D eigenvalue weighted by atomic mass is 10.1. The maximum absolute atomic E-state index is 11.9. The molecule has 128 valence electrons. The number of nitro benzene ring substituents is 2. The highest BCUT2D eigenvalue weighted by molar-refractivity contribution is 5.96. The number of rotatable bonds is 6. The summed E-state index contributed by atoms with van der Waals surface area (Å²) in [5, 5.41) is 35.4. The molecule has 1 aromatic carbocycles. The van der Waals surface area contributed by atoms with Crippen LogP contribution in [-0.2, 0) is 0 Å². The number of non-ortho nitro benzene ring substituents is 2. The minimum Gasteiger partial charge on any atom is -0.400 e. The topological polar surface area (TPSA) is 184 Å². The second-order valence-corrected chi connectivity index (χ2v) is 4.38. The molecule has 0 radical (unpaired) electrons. The average molecular weight is 349 g/mol. The second kappa shape index (κ2) is 6.95. The standard InChI is InChI=1S/C12H7N5O8/c18-12(14-13-6-10-1-2-11(25-10)17(23)24)7-3-8(15(19)20)5-9(4-7)16(21)22/h1-6H,(H,14,18)/b13-6-. The van der Waals surface area contributed by atoms with E-state index in [4.69, 9.17) is 4.42 Å². The molecule has 0 saturated carbocycles. The van der Waals surface area contributed by atoms with Crippen LogP contribution in [0, 0.1) is 30.3 Å². The van der Waals surface area contributed by atoms with Gasteiger partial charge in [-0.05, 0) is 6.07 Å². The molecule has 0 aliphatic rings. The number of benzene rings is 1. The Hall–Kier alpha value is -4.16. The maximum atomic E-state index is 11.9. The fourth-order valence-corrected chi connectivity index (χ4v) is 1.67. The third kappa shape index (κ3) is 4.19. The van der Waals surface area contributed by atoms with Crippen LogP contribution in [-0.4, -0.2) is 26.9 Å². The van der Waals surface area contributed by atoms with E-state index in [0.29, 0.717) is 6.07 Å². The molecule has 1 N–H and O–H groups in total. The molecule has 0 aliphatic heterocycles. The molecule has 0 saturated heterocycles. The Balaban J connectivity index is 2.16. The summed E-state index contributed by atoms with van der Waals surface area (Å²) in [6.45, 7) is 0. The van der Waals surface area contributed by atoms with Gasteiger partial charge in [-0.25, -0.2) is 5.43 Å². The van der Waals surface area contributed by atoms with Gasteiger partial charge in [0, 0.05) is 12.1 Å². The van der Waals surface area contributed by atoms with Crippen molar-refractivity contribution in [3.05, 3.63) is 72.0 Å². The van der Waals surface area contributed by atoms with Crippen LogP contribution >= 0.6 is 0 Å². The summed E-state index contributed by atoms with van der Waals surface area (Å²) in [5.74, 6) is -1.51. The van der Waals surface area contributed by atoms with Crippen LogP contribution in [0.1, 0.15) is 16.1 Å². The van der Waals surface area contributed by atoms with E-state index >= 15 is 0 Å². The van der Waals surface area contributed by atoms with Crippen LogP contribution in [0.15, 0.2) is 39.9 Å². The monoisotopic (exact) mass is 349 g/mol. The fraction of sp³-hybridized carbons (Fsp3) is 0. The summed E-state index contributed by atoms with van der Waals surface area (Å²) >= 11 is 0. The number of nitrogens with one attached hydrogen (secondary N) is 1. The molecule has 2 rings (SSSR count). The summed E-state index contributed by atoms with van der Waals surface area (Å²) in [5.41, 5.74) is 0.347. The van der Waals surface area contributed by atoms with Crippen molar-refractivity contribution in [3.63, 3.8) is 0 Å². The fourth-order valence-electron chi connectivity index (χ4n) is 1.67. The number of carbonyl (C=O) groups is 1. The molecule has 13 nitrogen and oxygen atoms in total. The van der Waals surface area contributed by atoms with Crippen LogP contribution in [0.5, 0.6) is 0 Å². The van der Waals surface area contributed by atoms with Gasteiger partial charge in [-0.3, -0.25) is 35.1 Å². The van der Waals surface area contributed by atoms with Gasteiger partial charge in [-0.2, -0.15) is 5.10 Å². The quantitative estimate of drug-likeness (QED) is 0.464. The lowest BCUT2D eigenvalue weighted by Crippen LogP contribution is -2.18. The van der Waals surface area contributed by atoms with Crippen molar-refractivity contribution in [2.45, 2.75) is 0 Å². The lowest BCUT2D eigenvalue weighted by molar-refractivity contribution is -0.402. The third-order valence-electron chi connectivity index (χ3n) is 2.74. The van der Waals surface area contributed by atoms with Gasteiger partial charge in [0.1, 0.15) is 4.92 Å². The van der Waals surface area contributed by atoms with Crippen LogP contribution in [0.4, 0.5) is 17.3 Å². The number of nitrogens with zero attached hydrogens (tertiary/aromatic N) is 4. The molecule has 25 heavy (non-hydrogen) atoms. The number of nitro groups is 3. The first-order valence-corrected chi connectivity index (χ1v) is 6.29. The highest BCUT2D eigenvalue weighted by Gasteiger charge is 2.19. The highest BCUT2D eigenvalue weighted by Crippen LogP contribution is 2.22. The molecule has 0 spiro atoms. The van der Waals surface area contributed by atoms with E-state index < -0.39 is 37.9 Å². The van der Waals surface area contributed by atoms with Crippen LogP contribution in [0.25, 0.3) is 0 Å². The Bertz CT molecular complexity index is 870. The van der Waals surface area contributed by atoms with E-state index in [1.807, 2.05) is 5.43 Å². The zero-order valence-corrected chi connectivity index (χ0v) is 12.0. The minimum absolute atomic E-state index is 0.0305. The number of furan rings is 1. The van der Waals surface area contributed by atoms with Gasteiger partial charge in [0.05, 0.1) is 33.8 Å². The molecule has 0 bridgehead atoms. The molecule has 0 fully saturated rings. The predicted octanol–water partition coefficient (Wildman–Crippen LogP) is 1.77. The molecular formula is C12H7N5O8. The van der Waals surface area contributed by atoms with E-state index in [-0.39, 0.29) is 11.3 Å². The molecule has 1 heterocycles. The molecular weight excluding hydrogens is 342 g/mol. The van der Waals surface area contributed by atoms with Crippen LogP contribution in [0.2, 0.25) is 0 Å². The molecule has 2 aromatic rings. The maximum Gasteiger partial charge on any atom is 0.433 e. The summed E-state index contributed by atoms with van der Waals surface area (Å²) in [6.07, 6.45) is 0.955. The molecule has 13 heteroatoms. The molecule has 1 amide bonds. The van der Waals surface area contributed by atoms with Gasteiger partial charge in [-0.15, -0.1) is 0 Å². The molecule has 0 unspecified atom stereocenters. The average Bonchev–Trinajstić information content (AvgIpc) is 3.03. The normalized spacial score (nSPS) is 10.6. The first-order chi connectivity index (χ1) is 11.8. The molecule has 0 atom stereocenters. The molecule has 1 aromatic heterocycles. The number of hydrogen-bond donors (Lipinski definition) is 1. The SMILES string of the molecule is O=C(N/N=C\c1ccc([N+](=O)[O-])o1)c1cc([N+](=O)[O-])cc([N+](=O)[O-])c1. The van der Waals surface area contributed by atoms with Crippen molar-refractivity contribution in [2.75, 3.05) is 0 Å². The first kappa shape index (κ1) is 17.2. The summed E-state index contributed by atoms with van der Waals surface area (Å²) in [4.78, 5) is 41.3. The van der Waals surface area contributed by atoms with Gasteiger partial charge in [0.25, 0.3) is 17.3 Å².